The number of rotatable bonds is 5. The van der Waals surface area contributed by atoms with E-state index in [0.29, 0.717) is 18.9 Å². The lowest BCUT2D eigenvalue weighted by atomic mass is 10.2. The van der Waals surface area contributed by atoms with Gasteiger partial charge in [0, 0.05) is 36.6 Å². The number of nitrogens with zero attached hydrogens (tertiary/aromatic N) is 5. The highest BCUT2D eigenvalue weighted by molar-refractivity contribution is 7.09. The number of thiophene rings is 1. The second-order valence-electron chi connectivity index (χ2n) is 6.23. The lowest BCUT2D eigenvalue weighted by molar-refractivity contribution is -0.120. The average molecular weight is 368 g/mol. The Bertz CT molecular complexity index is 876. The van der Waals surface area contributed by atoms with Gasteiger partial charge in [-0.15, -0.1) is 11.3 Å². The Hall–Kier alpha value is -2.74. The van der Waals surface area contributed by atoms with Crippen LogP contribution in [0.25, 0.3) is 0 Å². The molecule has 1 aliphatic rings. The lowest BCUT2D eigenvalue weighted by Crippen LogP contribution is -2.37. The molecule has 8 heteroatoms. The Kier molecular flexibility index (Phi) is 4.66. The van der Waals surface area contributed by atoms with Crippen LogP contribution in [-0.2, 0) is 24.3 Å². The van der Waals surface area contributed by atoms with Crippen LogP contribution < -0.4 is 10.2 Å². The minimum absolute atomic E-state index is 0.00949. The van der Waals surface area contributed by atoms with Gasteiger partial charge in [0.2, 0.25) is 11.9 Å². The zero-order valence-corrected chi connectivity index (χ0v) is 15.3. The van der Waals surface area contributed by atoms with E-state index < -0.39 is 0 Å². The molecule has 1 amide bonds. The molecule has 0 unspecified atom stereocenters. The van der Waals surface area contributed by atoms with Gasteiger partial charge in [-0.3, -0.25) is 4.79 Å². The van der Waals surface area contributed by atoms with Crippen molar-refractivity contribution in [2.45, 2.75) is 32.5 Å². The van der Waals surface area contributed by atoms with E-state index >= 15 is 0 Å². The molecule has 1 aliphatic heterocycles. The lowest BCUT2D eigenvalue weighted by Gasteiger charge is -2.33. The largest absolute Gasteiger partial charge is 0.351 e. The first-order valence-electron chi connectivity index (χ1n) is 8.59. The second kappa shape index (κ2) is 7.25. The molecule has 0 bridgehead atoms. The molecule has 0 saturated heterocycles. The van der Waals surface area contributed by atoms with Crippen molar-refractivity contribution < 1.29 is 4.79 Å². The van der Waals surface area contributed by atoms with Crippen LogP contribution in [0, 0.1) is 0 Å². The molecule has 0 aliphatic carbocycles. The van der Waals surface area contributed by atoms with Gasteiger partial charge in [-0.1, -0.05) is 6.07 Å². The number of amides is 1. The molecule has 0 aromatic carbocycles. The fourth-order valence-corrected chi connectivity index (χ4v) is 3.82. The third kappa shape index (κ3) is 3.45. The molecule has 3 aromatic rings. The minimum atomic E-state index is -0.00949. The van der Waals surface area contributed by atoms with Gasteiger partial charge in [-0.05, 0) is 24.4 Å². The molecule has 134 valence electrons. The molecule has 1 atom stereocenters. The Morgan fingerprint density at radius 3 is 2.92 bits per heavy atom. The van der Waals surface area contributed by atoms with E-state index in [4.69, 9.17) is 4.98 Å². The number of carbonyl (C=O) groups excluding carboxylic acids is 1. The number of hydrogen-bond donors (Lipinski definition) is 1. The third-order valence-corrected chi connectivity index (χ3v) is 5.35. The molecule has 4 rings (SSSR count). The topological polar surface area (TPSA) is 75.9 Å². The van der Waals surface area contributed by atoms with Crippen LogP contribution in [0.3, 0.4) is 0 Å². The molecule has 26 heavy (non-hydrogen) atoms. The smallest absolute Gasteiger partial charge is 0.226 e. The number of carbonyl (C=O) groups is 1. The van der Waals surface area contributed by atoms with Crippen molar-refractivity contribution in [1.29, 1.82) is 0 Å². The van der Waals surface area contributed by atoms with Crippen LogP contribution in [0.4, 0.5) is 5.95 Å². The predicted octanol–water partition coefficient (Wildman–Crippen LogP) is 2.17. The highest BCUT2D eigenvalue weighted by Gasteiger charge is 2.28. The number of hydrogen-bond acceptors (Lipinski definition) is 6. The van der Waals surface area contributed by atoms with E-state index in [1.807, 2.05) is 29.8 Å². The van der Waals surface area contributed by atoms with Crippen molar-refractivity contribution in [2.75, 3.05) is 11.4 Å². The number of anilines is 1. The fraction of sp³-hybridized carbons (Fsp3) is 0.333. The summed E-state index contributed by atoms with van der Waals surface area (Å²) in [5.74, 6) is 1.65. The molecule has 1 N–H and O–H groups in total. The summed E-state index contributed by atoms with van der Waals surface area (Å²) in [6.45, 7) is 4.29. The molecular weight excluding hydrogens is 348 g/mol. The number of aromatic nitrogens is 4. The Morgan fingerprint density at radius 1 is 1.31 bits per heavy atom. The van der Waals surface area contributed by atoms with Crippen molar-refractivity contribution in [1.82, 2.24) is 24.8 Å². The molecule has 0 spiro atoms. The number of nitrogens with one attached hydrogen (secondary N) is 1. The molecular formula is C18H20N6OS. The zero-order valence-electron chi connectivity index (χ0n) is 14.5. The molecule has 0 fully saturated rings. The second-order valence-corrected chi connectivity index (χ2v) is 7.27. The quantitative estimate of drug-likeness (QED) is 0.747. The van der Waals surface area contributed by atoms with Crippen LogP contribution in [0.15, 0.2) is 42.2 Å². The summed E-state index contributed by atoms with van der Waals surface area (Å²) >= 11 is 1.64. The number of fused-ring (bicyclic) bond motifs is 1. The van der Waals surface area contributed by atoms with E-state index in [1.54, 1.807) is 23.7 Å². The summed E-state index contributed by atoms with van der Waals surface area (Å²) in [7, 11) is 0. The summed E-state index contributed by atoms with van der Waals surface area (Å²) in [6, 6.07) is 5.88. The van der Waals surface area contributed by atoms with Gasteiger partial charge in [0.15, 0.2) is 0 Å². The van der Waals surface area contributed by atoms with Gasteiger partial charge in [0.1, 0.15) is 5.82 Å². The summed E-state index contributed by atoms with van der Waals surface area (Å²) in [4.78, 5) is 28.9. The first-order chi connectivity index (χ1) is 12.7. The van der Waals surface area contributed by atoms with Crippen LogP contribution in [0.5, 0.6) is 0 Å². The van der Waals surface area contributed by atoms with E-state index in [-0.39, 0.29) is 11.9 Å². The van der Waals surface area contributed by atoms with Crippen LogP contribution >= 0.6 is 11.3 Å². The van der Waals surface area contributed by atoms with Crippen molar-refractivity contribution in [2.24, 2.45) is 0 Å². The molecule has 3 aromatic heterocycles. The van der Waals surface area contributed by atoms with E-state index in [9.17, 15) is 4.79 Å². The molecule has 4 heterocycles. The third-order valence-electron chi connectivity index (χ3n) is 4.47. The first kappa shape index (κ1) is 16.7. The number of imidazole rings is 1. The van der Waals surface area contributed by atoms with Crippen molar-refractivity contribution >= 4 is 23.2 Å². The highest BCUT2D eigenvalue weighted by Crippen LogP contribution is 2.27. The summed E-state index contributed by atoms with van der Waals surface area (Å²) in [5, 5.41) is 4.96. The minimum Gasteiger partial charge on any atom is -0.351 e. The fourth-order valence-electron chi connectivity index (χ4n) is 3.17. The van der Waals surface area contributed by atoms with E-state index in [1.165, 1.54) is 0 Å². The zero-order chi connectivity index (χ0) is 17.9. The van der Waals surface area contributed by atoms with E-state index in [2.05, 4.69) is 31.7 Å². The van der Waals surface area contributed by atoms with Crippen LogP contribution in [0.1, 0.15) is 29.4 Å². The van der Waals surface area contributed by atoms with Gasteiger partial charge < -0.3 is 14.8 Å². The monoisotopic (exact) mass is 368 g/mol. The maximum atomic E-state index is 12.2. The van der Waals surface area contributed by atoms with Gasteiger partial charge in [0.25, 0.3) is 0 Å². The van der Waals surface area contributed by atoms with Gasteiger partial charge >= 0.3 is 0 Å². The van der Waals surface area contributed by atoms with Crippen molar-refractivity contribution in [3.63, 3.8) is 0 Å². The van der Waals surface area contributed by atoms with Gasteiger partial charge in [0.05, 0.1) is 24.7 Å². The summed E-state index contributed by atoms with van der Waals surface area (Å²) in [6.07, 6.45) is 5.78. The van der Waals surface area contributed by atoms with Crippen LogP contribution in [-0.4, -0.2) is 32.0 Å². The average Bonchev–Trinajstić information content (AvgIpc) is 3.31. The Labute approximate surface area is 155 Å². The Balaban J connectivity index is 1.43. The SMILES string of the molecule is C[C@H]1c2nc(CC(=O)NCc3cccs3)cn2CCN1c1ncccn1. The maximum Gasteiger partial charge on any atom is 0.226 e. The summed E-state index contributed by atoms with van der Waals surface area (Å²) in [5.41, 5.74) is 0.798. The van der Waals surface area contributed by atoms with E-state index in [0.717, 1.165) is 29.5 Å². The molecule has 0 radical (unpaired) electrons. The molecule has 0 saturated carbocycles. The predicted molar refractivity (Wildman–Crippen MR) is 99.9 cm³/mol. The van der Waals surface area contributed by atoms with Crippen molar-refractivity contribution in [3.8, 4) is 0 Å². The maximum absolute atomic E-state index is 12.2. The van der Waals surface area contributed by atoms with Crippen molar-refractivity contribution in [3.05, 3.63) is 58.6 Å². The molecule has 7 nitrogen and oxygen atoms in total. The van der Waals surface area contributed by atoms with Gasteiger partial charge in [-0.2, -0.15) is 0 Å². The summed E-state index contributed by atoms with van der Waals surface area (Å²) < 4.78 is 2.13. The van der Waals surface area contributed by atoms with Gasteiger partial charge in [-0.25, -0.2) is 15.0 Å². The highest BCUT2D eigenvalue weighted by atomic mass is 32.1. The normalized spacial score (nSPS) is 16.3. The Morgan fingerprint density at radius 2 is 2.15 bits per heavy atom. The van der Waals surface area contributed by atoms with Crippen LogP contribution in [0.2, 0.25) is 0 Å². The first-order valence-corrected chi connectivity index (χ1v) is 9.47. The standard InChI is InChI=1S/C18H20N6OS/c1-13-17-22-14(10-16(25)21-11-15-4-2-9-26-15)12-23(17)7-8-24(13)18-19-5-3-6-20-18/h2-6,9,12-13H,7-8,10-11H2,1H3,(H,21,25)/t13-/m0/s1.